The topological polar surface area (TPSA) is 83.5 Å². The lowest BCUT2D eigenvalue weighted by atomic mass is 9.99. The van der Waals surface area contributed by atoms with E-state index in [9.17, 15) is 13.2 Å². The Morgan fingerprint density at radius 3 is 2.45 bits per heavy atom. The molecule has 0 amide bonds. The van der Waals surface area contributed by atoms with Gasteiger partial charge in [0.25, 0.3) is 0 Å². The number of halogens is 1. The van der Waals surface area contributed by atoms with Gasteiger partial charge < -0.3 is 10.4 Å². The number of aryl methyl sites for hydroxylation is 1. The molecule has 7 heteroatoms. The molecule has 0 bridgehead atoms. The first-order valence-electron chi connectivity index (χ1n) is 8.88. The number of carboxylic acids is 1. The summed E-state index contributed by atoms with van der Waals surface area (Å²) >= 11 is 6.13. The second-order valence-electron chi connectivity index (χ2n) is 6.69. The number of hydrogen-bond acceptors (Lipinski definition) is 4. The summed E-state index contributed by atoms with van der Waals surface area (Å²) in [6, 6.07) is 20.0. The van der Waals surface area contributed by atoms with Gasteiger partial charge in [-0.05, 0) is 71.6 Å². The van der Waals surface area contributed by atoms with E-state index in [1.807, 2.05) is 43.3 Å². The van der Waals surface area contributed by atoms with Gasteiger partial charge in [0.15, 0.2) is 15.6 Å². The van der Waals surface area contributed by atoms with Crippen LogP contribution in [0.3, 0.4) is 0 Å². The van der Waals surface area contributed by atoms with Gasteiger partial charge in [-0.2, -0.15) is 0 Å². The maximum Gasteiger partial charge on any atom is 0.319 e. The third kappa shape index (κ3) is 5.37. The molecular formula is C22H20ClNO4S. The van der Waals surface area contributed by atoms with Crippen molar-refractivity contribution in [3.05, 3.63) is 82.9 Å². The van der Waals surface area contributed by atoms with Crippen molar-refractivity contribution in [1.29, 1.82) is 0 Å². The SMILES string of the molecule is Cc1ccc(Cl)cc1-c1cccc(CNc2ccc(S(=O)(=O)CC(=O)O)cc2)c1. The van der Waals surface area contributed by atoms with Crippen LogP contribution in [0.25, 0.3) is 11.1 Å². The highest BCUT2D eigenvalue weighted by atomic mass is 35.5. The average molecular weight is 430 g/mol. The first-order chi connectivity index (χ1) is 13.7. The maximum atomic E-state index is 11.9. The molecule has 2 N–H and O–H groups in total. The molecule has 29 heavy (non-hydrogen) atoms. The minimum Gasteiger partial charge on any atom is -0.480 e. The Kier molecular flexibility index (Phi) is 6.25. The lowest BCUT2D eigenvalue weighted by Crippen LogP contribution is -2.15. The Labute approximate surface area is 174 Å². The standard InChI is InChI=1S/C22H20ClNO4S/c1-15-5-6-18(23)12-21(15)17-4-2-3-16(11-17)13-24-19-7-9-20(10-8-19)29(27,28)14-22(25)26/h2-12,24H,13-14H2,1H3,(H,25,26). The largest absolute Gasteiger partial charge is 0.480 e. The van der Waals surface area contributed by atoms with E-state index in [1.54, 1.807) is 12.1 Å². The smallest absolute Gasteiger partial charge is 0.319 e. The fourth-order valence-electron chi connectivity index (χ4n) is 2.98. The fraction of sp³-hybridized carbons (Fsp3) is 0.136. The number of sulfone groups is 1. The molecule has 5 nitrogen and oxygen atoms in total. The minimum atomic E-state index is -3.83. The summed E-state index contributed by atoms with van der Waals surface area (Å²) in [5.74, 6) is -2.29. The zero-order valence-corrected chi connectivity index (χ0v) is 17.3. The molecule has 0 saturated heterocycles. The number of carbonyl (C=O) groups is 1. The van der Waals surface area contributed by atoms with Crippen LogP contribution >= 0.6 is 11.6 Å². The normalized spacial score (nSPS) is 11.2. The Balaban J connectivity index is 1.72. The van der Waals surface area contributed by atoms with Crippen LogP contribution in [0.2, 0.25) is 5.02 Å². The van der Waals surface area contributed by atoms with Crippen molar-refractivity contribution in [2.75, 3.05) is 11.1 Å². The quantitative estimate of drug-likeness (QED) is 0.564. The summed E-state index contributed by atoms with van der Waals surface area (Å²) in [5.41, 5.74) is 5.08. The Morgan fingerprint density at radius 1 is 1.03 bits per heavy atom. The van der Waals surface area contributed by atoms with Crippen molar-refractivity contribution in [1.82, 2.24) is 0 Å². The fourth-order valence-corrected chi connectivity index (χ4v) is 4.20. The molecule has 150 valence electrons. The van der Waals surface area contributed by atoms with E-state index in [2.05, 4.69) is 11.4 Å². The summed E-state index contributed by atoms with van der Waals surface area (Å²) < 4.78 is 23.9. The molecule has 0 spiro atoms. The van der Waals surface area contributed by atoms with Crippen molar-refractivity contribution >= 4 is 33.1 Å². The number of rotatable bonds is 7. The molecule has 0 heterocycles. The first kappa shape index (κ1) is 20.9. The highest BCUT2D eigenvalue weighted by Gasteiger charge is 2.18. The molecule has 0 radical (unpaired) electrons. The Bertz CT molecular complexity index is 1140. The minimum absolute atomic E-state index is 0.0103. The zero-order chi connectivity index (χ0) is 21.0. The summed E-state index contributed by atoms with van der Waals surface area (Å²) in [6.07, 6.45) is 0. The zero-order valence-electron chi connectivity index (χ0n) is 15.7. The van der Waals surface area contributed by atoms with Crippen molar-refractivity contribution in [2.45, 2.75) is 18.4 Å². The number of aliphatic carboxylic acids is 1. The highest BCUT2D eigenvalue weighted by Crippen LogP contribution is 2.27. The molecule has 0 aliphatic carbocycles. The molecule has 0 saturated carbocycles. The summed E-state index contributed by atoms with van der Waals surface area (Å²) in [4.78, 5) is 10.7. The average Bonchev–Trinajstić information content (AvgIpc) is 2.68. The molecule has 0 aliphatic heterocycles. The summed E-state index contributed by atoms with van der Waals surface area (Å²) in [7, 11) is -3.83. The predicted octanol–water partition coefficient (Wildman–Crippen LogP) is 4.79. The van der Waals surface area contributed by atoms with Gasteiger partial charge in [-0.15, -0.1) is 0 Å². The Hall–Kier alpha value is -2.83. The van der Waals surface area contributed by atoms with Gasteiger partial charge in [0.05, 0.1) is 4.90 Å². The predicted molar refractivity (Wildman–Crippen MR) is 115 cm³/mol. The number of nitrogens with one attached hydrogen (secondary N) is 1. The third-order valence-electron chi connectivity index (χ3n) is 4.46. The van der Waals surface area contributed by atoms with Crippen LogP contribution in [0, 0.1) is 6.92 Å². The van der Waals surface area contributed by atoms with Crippen molar-refractivity contribution in [3.8, 4) is 11.1 Å². The molecule has 0 unspecified atom stereocenters. The van der Waals surface area contributed by atoms with Gasteiger partial charge >= 0.3 is 5.97 Å². The van der Waals surface area contributed by atoms with Crippen LogP contribution in [0.15, 0.2) is 71.6 Å². The molecule has 0 aliphatic rings. The van der Waals surface area contributed by atoms with E-state index >= 15 is 0 Å². The molecule has 0 atom stereocenters. The molecule has 3 aromatic carbocycles. The lowest BCUT2D eigenvalue weighted by molar-refractivity contribution is -0.134. The van der Waals surface area contributed by atoms with E-state index in [1.165, 1.54) is 12.1 Å². The molecule has 3 rings (SSSR count). The van der Waals surface area contributed by atoms with Gasteiger partial charge in [0, 0.05) is 17.3 Å². The van der Waals surface area contributed by atoms with E-state index in [4.69, 9.17) is 16.7 Å². The summed E-state index contributed by atoms with van der Waals surface area (Å²) in [5, 5.41) is 12.6. The summed E-state index contributed by atoms with van der Waals surface area (Å²) in [6.45, 7) is 2.59. The van der Waals surface area contributed by atoms with E-state index in [0.717, 1.165) is 27.9 Å². The van der Waals surface area contributed by atoms with E-state index in [0.29, 0.717) is 11.6 Å². The molecule has 0 aromatic heterocycles. The van der Waals surface area contributed by atoms with Gasteiger partial charge in [-0.1, -0.05) is 35.9 Å². The van der Waals surface area contributed by atoms with Crippen LogP contribution in [0.4, 0.5) is 5.69 Å². The second-order valence-corrected chi connectivity index (χ2v) is 9.12. The van der Waals surface area contributed by atoms with Gasteiger partial charge in [0.1, 0.15) is 0 Å². The van der Waals surface area contributed by atoms with Gasteiger partial charge in [-0.3, -0.25) is 4.79 Å². The van der Waals surface area contributed by atoms with Crippen molar-refractivity contribution in [2.24, 2.45) is 0 Å². The Morgan fingerprint density at radius 2 is 1.76 bits per heavy atom. The van der Waals surface area contributed by atoms with Crippen LogP contribution in [0.5, 0.6) is 0 Å². The van der Waals surface area contributed by atoms with Crippen molar-refractivity contribution < 1.29 is 18.3 Å². The highest BCUT2D eigenvalue weighted by molar-refractivity contribution is 7.92. The number of hydrogen-bond donors (Lipinski definition) is 2. The molecule has 3 aromatic rings. The second kappa shape index (κ2) is 8.68. The van der Waals surface area contributed by atoms with Crippen LogP contribution in [-0.2, 0) is 21.2 Å². The van der Waals surface area contributed by atoms with Gasteiger partial charge in [-0.25, -0.2) is 8.42 Å². The third-order valence-corrected chi connectivity index (χ3v) is 6.31. The number of benzene rings is 3. The van der Waals surface area contributed by atoms with Crippen molar-refractivity contribution in [3.63, 3.8) is 0 Å². The molecular weight excluding hydrogens is 410 g/mol. The molecule has 0 fully saturated rings. The number of anilines is 1. The van der Waals surface area contributed by atoms with Crippen LogP contribution in [0.1, 0.15) is 11.1 Å². The van der Waals surface area contributed by atoms with Crippen LogP contribution < -0.4 is 5.32 Å². The van der Waals surface area contributed by atoms with E-state index < -0.39 is 21.6 Å². The van der Waals surface area contributed by atoms with E-state index in [-0.39, 0.29) is 4.90 Å². The lowest BCUT2D eigenvalue weighted by Gasteiger charge is -2.11. The van der Waals surface area contributed by atoms with Crippen LogP contribution in [-0.4, -0.2) is 25.2 Å². The number of carboxylic acid groups (broad SMARTS) is 1. The monoisotopic (exact) mass is 429 g/mol. The maximum absolute atomic E-state index is 11.9. The first-order valence-corrected chi connectivity index (χ1v) is 10.9. The van der Waals surface area contributed by atoms with Gasteiger partial charge in [0.2, 0.25) is 0 Å².